The summed E-state index contributed by atoms with van der Waals surface area (Å²) in [5.74, 6) is 2.07. The highest BCUT2D eigenvalue weighted by Crippen LogP contribution is 2.25. The van der Waals surface area contributed by atoms with Crippen LogP contribution in [0.1, 0.15) is 53.1 Å². The third-order valence-corrected chi connectivity index (χ3v) is 5.35. The number of nitro groups is 1. The number of aromatic nitrogens is 2. The Balaban J connectivity index is 0.000000228. The first-order valence-electron chi connectivity index (χ1n) is 12.6. The van der Waals surface area contributed by atoms with Gasteiger partial charge in [0, 0.05) is 46.5 Å². The molecule has 0 atom stereocenters. The lowest BCUT2D eigenvalue weighted by Crippen LogP contribution is -2.19. The fourth-order valence-corrected chi connectivity index (χ4v) is 3.12. The van der Waals surface area contributed by atoms with Crippen LogP contribution in [-0.4, -0.2) is 27.3 Å². The molecule has 0 saturated carbocycles. The summed E-state index contributed by atoms with van der Waals surface area (Å²) in [5.41, 5.74) is 0.768. The topological polar surface area (TPSA) is 177 Å². The maximum atomic E-state index is 11.8. The summed E-state index contributed by atoms with van der Waals surface area (Å²) in [6.45, 7) is 11.9. The van der Waals surface area contributed by atoms with E-state index in [0.717, 1.165) is 11.4 Å². The monoisotopic (exact) mass is 563 g/mol. The molecule has 2 aromatic carbocycles. The number of carbonyl (C=O) groups is 2. The van der Waals surface area contributed by atoms with Gasteiger partial charge in [0.1, 0.15) is 11.5 Å². The fraction of sp³-hybridized carbons (Fsp3) is 0.286. The molecule has 216 valence electrons. The lowest BCUT2D eigenvalue weighted by atomic mass is 9.93. The number of amides is 4. The smallest absolute Gasteiger partial charge is 0.324 e. The Hall–Kier alpha value is -5.20. The quantitative estimate of drug-likeness (QED) is 0.146. The molecule has 41 heavy (non-hydrogen) atoms. The van der Waals surface area contributed by atoms with Crippen LogP contribution in [0.3, 0.4) is 0 Å². The SMILES string of the molecule is CC(C)(C)c1cc(NC(=O)Nc2ccc([N+](=O)[O-])cc2)no1.CC(C)(C)c1cc(NC(=O)Nc2ccccc2)no1. The highest BCUT2D eigenvalue weighted by molar-refractivity contribution is 5.99. The lowest BCUT2D eigenvalue weighted by Gasteiger charge is -2.12. The number of anilines is 4. The van der Waals surface area contributed by atoms with Gasteiger partial charge >= 0.3 is 12.1 Å². The van der Waals surface area contributed by atoms with Gasteiger partial charge in [-0.2, -0.15) is 0 Å². The number of nitro benzene ring substituents is 1. The highest BCUT2D eigenvalue weighted by Gasteiger charge is 2.21. The highest BCUT2D eigenvalue weighted by atomic mass is 16.6. The summed E-state index contributed by atoms with van der Waals surface area (Å²) in [4.78, 5) is 33.6. The van der Waals surface area contributed by atoms with Crippen molar-refractivity contribution in [2.24, 2.45) is 0 Å². The Kier molecular flexibility index (Phi) is 9.45. The number of benzene rings is 2. The first kappa shape index (κ1) is 30.3. The molecular formula is C28H33N7O6. The van der Waals surface area contributed by atoms with Gasteiger partial charge in [-0.15, -0.1) is 0 Å². The lowest BCUT2D eigenvalue weighted by molar-refractivity contribution is -0.384. The van der Waals surface area contributed by atoms with Gasteiger partial charge in [0.05, 0.1) is 4.92 Å². The van der Waals surface area contributed by atoms with Gasteiger partial charge in [-0.05, 0) is 24.3 Å². The molecule has 13 heteroatoms. The first-order valence-corrected chi connectivity index (χ1v) is 12.6. The maximum Gasteiger partial charge on any atom is 0.324 e. The number of nitrogens with zero attached hydrogens (tertiary/aromatic N) is 3. The molecule has 2 heterocycles. The van der Waals surface area contributed by atoms with E-state index in [4.69, 9.17) is 9.05 Å². The summed E-state index contributed by atoms with van der Waals surface area (Å²) < 4.78 is 10.3. The van der Waals surface area contributed by atoms with Gasteiger partial charge in [0.25, 0.3) is 5.69 Å². The van der Waals surface area contributed by atoms with E-state index in [-0.39, 0.29) is 22.5 Å². The van der Waals surface area contributed by atoms with E-state index in [1.165, 1.54) is 24.3 Å². The van der Waals surface area contributed by atoms with E-state index in [1.807, 2.05) is 71.9 Å². The number of rotatable bonds is 5. The number of para-hydroxylation sites is 1. The number of nitrogens with one attached hydrogen (secondary N) is 4. The summed E-state index contributed by atoms with van der Waals surface area (Å²) in [6, 6.07) is 17.2. The molecule has 0 fully saturated rings. The van der Waals surface area contributed by atoms with Crippen LogP contribution < -0.4 is 21.3 Å². The molecule has 0 aliphatic heterocycles. The standard InChI is InChI=1S/C14H16N4O4.C14H17N3O2/c1-14(2,3)11-8-12(17-22-11)16-13(19)15-9-4-6-10(7-5-9)18(20)21;1-14(2,3)11-9-12(17-19-11)16-13(18)15-10-7-5-4-6-8-10/h4-8H,1-3H3,(H2,15,16,17,19);4-9H,1-3H3,(H2,15,16,17,18). The van der Waals surface area contributed by atoms with Crippen LogP contribution in [0, 0.1) is 10.1 Å². The van der Waals surface area contributed by atoms with Gasteiger partial charge in [-0.25, -0.2) is 9.59 Å². The molecule has 0 spiro atoms. The van der Waals surface area contributed by atoms with E-state index in [2.05, 4.69) is 31.6 Å². The Bertz CT molecular complexity index is 1470. The average molecular weight is 564 g/mol. The van der Waals surface area contributed by atoms with E-state index in [9.17, 15) is 19.7 Å². The van der Waals surface area contributed by atoms with Crippen LogP contribution in [-0.2, 0) is 10.8 Å². The van der Waals surface area contributed by atoms with Crippen molar-refractivity contribution in [2.45, 2.75) is 52.4 Å². The number of non-ortho nitro benzene ring substituents is 1. The third kappa shape index (κ3) is 9.49. The molecule has 0 aliphatic carbocycles. The van der Waals surface area contributed by atoms with Crippen LogP contribution in [0.2, 0.25) is 0 Å². The molecule has 4 N–H and O–H groups in total. The summed E-state index contributed by atoms with van der Waals surface area (Å²) >= 11 is 0. The van der Waals surface area contributed by atoms with E-state index in [1.54, 1.807) is 12.1 Å². The molecule has 0 radical (unpaired) electrons. The Morgan fingerprint density at radius 1 is 0.683 bits per heavy atom. The third-order valence-electron chi connectivity index (χ3n) is 5.35. The molecule has 0 aliphatic rings. The van der Waals surface area contributed by atoms with Gasteiger partial charge < -0.3 is 19.7 Å². The van der Waals surface area contributed by atoms with Crippen molar-refractivity contribution in [3.8, 4) is 0 Å². The van der Waals surface area contributed by atoms with Crippen molar-refractivity contribution < 1.29 is 23.6 Å². The van der Waals surface area contributed by atoms with Crippen LogP contribution >= 0.6 is 0 Å². The molecule has 0 saturated heterocycles. The minimum atomic E-state index is -0.511. The molecule has 2 aromatic heterocycles. The van der Waals surface area contributed by atoms with Crippen molar-refractivity contribution in [3.63, 3.8) is 0 Å². The van der Waals surface area contributed by atoms with Gasteiger partial charge in [0.2, 0.25) is 0 Å². The molecule has 4 amide bonds. The van der Waals surface area contributed by atoms with Crippen LogP contribution in [0.15, 0.2) is 75.8 Å². The zero-order valence-electron chi connectivity index (χ0n) is 23.6. The average Bonchev–Trinajstić information content (AvgIpc) is 3.55. The summed E-state index contributed by atoms with van der Waals surface area (Å²) in [6.07, 6.45) is 0. The molecular weight excluding hydrogens is 530 g/mol. The predicted molar refractivity (Wildman–Crippen MR) is 155 cm³/mol. The van der Waals surface area contributed by atoms with Gasteiger partial charge in [-0.3, -0.25) is 20.7 Å². The van der Waals surface area contributed by atoms with Gasteiger partial charge in [0.15, 0.2) is 11.6 Å². The second-order valence-corrected chi connectivity index (χ2v) is 11.0. The zero-order chi connectivity index (χ0) is 30.2. The van der Waals surface area contributed by atoms with Crippen LogP contribution in [0.25, 0.3) is 0 Å². The largest absolute Gasteiger partial charge is 0.359 e. The zero-order valence-corrected chi connectivity index (χ0v) is 23.6. The summed E-state index contributed by atoms with van der Waals surface area (Å²) in [7, 11) is 0. The second-order valence-electron chi connectivity index (χ2n) is 11.0. The predicted octanol–water partition coefficient (Wildman–Crippen LogP) is 7.14. The van der Waals surface area contributed by atoms with Crippen molar-refractivity contribution in [1.29, 1.82) is 0 Å². The van der Waals surface area contributed by atoms with Crippen molar-refractivity contribution in [1.82, 2.24) is 10.3 Å². The molecule has 4 rings (SSSR count). The second kappa shape index (κ2) is 12.8. The molecule has 0 bridgehead atoms. The molecule has 4 aromatic rings. The van der Waals surface area contributed by atoms with E-state index in [0.29, 0.717) is 23.1 Å². The number of hydrogen-bond donors (Lipinski definition) is 4. The maximum absolute atomic E-state index is 11.8. The van der Waals surface area contributed by atoms with Crippen molar-refractivity contribution in [3.05, 3.63) is 88.4 Å². The number of hydrogen-bond acceptors (Lipinski definition) is 8. The van der Waals surface area contributed by atoms with Crippen molar-refractivity contribution >= 4 is 40.8 Å². The number of carbonyl (C=O) groups excluding carboxylic acids is 2. The summed E-state index contributed by atoms with van der Waals surface area (Å²) in [5, 5.41) is 28.5. The van der Waals surface area contributed by atoms with Gasteiger partial charge in [-0.1, -0.05) is 70.1 Å². The Morgan fingerprint density at radius 2 is 1.10 bits per heavy atom. The molecule has 0 unspecified atom stereocenters. The minimum absolute atomic E-state index is 0.0442. The van der Waals surface area contributed by atoms with E-state index >= 15 is 0 Å². The Morgan fingerprint density at radius 3 is 1.46 bits per heavy atom. The van der Waals surface area contributed by atoms with E-state index < -0.39 is 11.0 Å². The normalized spacial score (nSPS) is 11.1. The van der Waals surface area contributed by atoms with Crippen LogP contribution in [0.4, 0.5) is 38.3 Å². The van der Waals surface area contributed by atoms with Crippen LogP contribution in [0.5, 0.6) is 0 Å². The minimum Gasteiger partial charge on any atom is -0.359 e. The van der Waals surface area contributed by atoms with Crippen molar-refractivity contribution in [2.75, 3.05) is 21.3 Å². The molecule has 13 nitrogen and oxygen atoms in total. The first-order chi connectivity index (χ1) is 19.2. The number of urea groups is 2. The Labute approximate surface area is 236 Å². The fourth-order valence-electron chi connectivity index (χ4n) is 3.12.